The van der Waals surface area contributed by atoms with E-state index in [-0.39, 0.29) is 13.2 Å². The van der Waals surface area contributed by atoms with E-state index in [2.05, 4.69) is 0 Å². The van der Waals surface area contributed by atoms with Gasteiger partial charge in [0, 0.05) is 12.2 Å². The Hall–Kier alpha value is -1.79. The van der Waals surface area contributed by atoms with Gasteiger partial charge in [-0.3, -0.25) is 9.69 Å². The van der Waals surface area contributed by atoms with E-state index in [4.69, 9.17) is 16.2 Å². The number of rotatable bonds is 8. The maximum atomic E-state index is 10.8. The Balaban J connectivity index is 2.35. The summed E-state index contributed by atoms with van der Waals surface area (Å²) in [5.41, 5.74) is 11.3. The molecule has 1 aromatic carbocycles. The maximum Gasteiger partial charge on any atom is 0.231 e. The van der Waals surface area contributed by atoms with Crippen LogP contribution in [0.25, 0.3) is 0 Å². The molecule has 0 aliphatic rings. The molecule has 1 unspecified atom stereocenters. The van der Waals surface area contributed by atoms with E-state index in [0.717, 1.165) is 0 Å². The lowest BCUT2D eigenvalue weighted by molar-refractivity contribution is -0.119. The number of nitrogens with two attached hydrogens (primary N) is 2. The summed E-state index contributed by atoms with van der Waals surface area (Å²) < 4.78 is 5.42. The van der Waals surface area contributed by atoms with E-state index in [9.17, 15) is 9.90 Å². The molecular formula is C13H21N3O3. The third kappa shape index (κ3) is 6.08. The molecule has 1 atom stereocenters. The van der Waals surface area contributed by atoms with E-state index < -0.39 is 12.0 Å². The first-order valence-corrected chi connectivity index (χ1v) is 6.18. The Morgan fingerprint density at radius 3 is 2.58 bits per heavy atom. The number of aliphatic hydroxyl groups excluding tert-OH is 1. The number of aliphatic hydroxyl groups is 1. The van der Waals surface area contributed by atoms with Gasteiger partial charge in [0.05, 0.1) is 6.54 Å². The Kier molecular flexibility index (Phi) is 6.11. The number of benzene rings is 1. The summed E-state index contributed by atoms with van der Waals surface area (Å²) in [6.45, 7) is 3.17. The summed E-state index contributed by atoms with van der Waals surface area (Å²) in [6, 6.07) is 6.94. The fourth-order valence-electron chi connectivity index (χ4n) is 1.63. The van der Waals surface area contributed by atoms with Crippen LogP contribution in [0.3, 0.4) is 0 Å². The summed E-state index contributed by atoms with van der Waals surface area (Å²) in [4.78, 5) is 12.6. The van der Waals surface area contributed by atoms with Gasteiger partial charge in [0.15, 0.2) is 0 Å². The average molecular weight is 267 g/mol. The molecule has 5 N–H and O–H groups in total. The Labute approximate surface area is 112 Å². The third-order valence-electron chi connectivity index (χ3n) is 2.62. The van der Waals surface area contributed by atoms with Crippen molar-refractivity contribution in [3.8, 4) is 5.75 Å². The van der Waals surface area contributed by atoms with Crippen molar-refractivity contribution < 1.29 is 14.6 Å². The lowest BCUT2D eigenvalue weighted by Crippen LogP contribution is -2.40. The van der Waals surface area contributed by atoms with Crippen LogP contribution < -0.4 is 16.2 Å². The molecule has 0 spiro atoms. The number of hydrogen-bond acceptors (Lipinski definition) is 5. The highest BCUT2D eigenvalue weighted by Gasteiger charge is 2.12. The number of carbonyl (C=O) groups excluding carboxylic acids is 1. The van der Waals surface area contributed by atoms with Crippen LogP contribution in [0.2, 0.25) is 0 Å². The van der Waals surface area contributed by atoms with Crippen LogP contribution in [0.1, 0.15) is 6.92 Å². The van der Waals surface area contributed by atoms with Gasteiger partial charge in [-0.1, -0.05) is 6.92 Å². The monoisotopic (exact) mass is 267 g/mol. The van der Waals surface area contributed by atoms with Gasteiger partial charge in [-0.2, -0.15) is 0 Å². The second kappa shape index (κ2) is 7.60. The number of nitrogen functional groups attached to an aromatic ring is 1. The van der Waals surface area contributed by atoms with E-state index >= 15 is 0 Å². The zero-order valence-corrected chi connectivity index (χ0v) is 11.1. The van der Waals surface area contributed by atoms with Crippen LogP contribution in [0.5, 0.6) is 5.75 Å². The molecule has 0 aliphatic heterocycles. The molecule has 1 aromatic rings. The van der Waals surface area contributed by atoms with Crippen molar-refractivity contribution in [3.63, 3.8) is 0 Å². The summed E-state index contributed by atoms with van der Waals surface area (Å²) in [6.07, 6.45) is -0.683. The van der Waals surface area contributed by atoms with Gasteiger partial charge in [-0.15, -0.1) is 0 Å². The van der Waals surface area contributed by atoms with Crippen LogP contribution in [0.15, 0.2) is 24.3 Å². The third-order valence-corrected chi connectivity index (χ3v) is 2.62. The fourth-order valence-corrected chi connectivity index (χ4v) is 1.63. The normalized spacial score (nSPS) is 12.4. The number of carbonyl (C=O) groups is 1. The summed E-state index contributed by atoms with van der Waals surface area (Å²) >= 11 is 0. The molecule has 1 rings (SSSR count). The molecule has 6 heteroatoms. The highest BCUT2D eigenvalue weighted by atomic mass is 16.5. The fraction of sp³-hybridized carbons (Fsp3) is 0.462. The van der Waals surface area contributed by atoms with Gasteiger partial charge in [-0.05, 0) is 30.8 Å². The lowest BCUT2D eigenvalue weighted by Gasteiger charge is -2.22. The molecule has 0 saturated carbocycles. The molecule has 6 nitrogen and oxygen atoms in total. The summed E-state index contributed by atoms with van der Waals surface area (Å²) in [7, 11) is 0. The smallest absolute Gasteiger partial charge is 0.231 e. The van der Waals surface area contributed by atoms with Crippen molar-refractivity contribution in [2.75, 3.05) is 32.0 Å². The van der Waals surface area contributed by atoms with E-state index in [1.807, 2.05) is 6.92 Å². The van der Waals surface area contributed by atoms with Gasteiger partial charge >= 0.3 is 0 Å². The number of anilines is 1. The zero-order valence-electron chi connectivity index (χ0n) is 11.1. The Morgan fingerprint density at radius 2 is 2.05 bits per heavy atom. The standard InChI is InChI=1S/C13H21N3O3/c1-2-16(8-13(15)18)7-11(17)9-19-12-5-3-10(14)4-6-12/h3-6,11,17H,2,7-9,14H2,1H3,(H2,15,18). The molecule has 0 bridgehead atoms. The molecule has 0 aromatic heterocycles. The van der Waals surface area contributed by atoms with Gasteiger partial charge in [0.1, 0.15) is 18.5 Å². The van der Waals surface area contributed by atoms with Crippen molar-refractivity contribution in [2.24, 2.45) is 5.73 Å². The molecule has 0 heterocycles. The first kappa shape index (κ1) is 15.3. The van der Waals surface area contributed by atoms with Crippen LogP contribution in [-0.2, 0) is 4.79 Å². The van der Waals surface area contributed by atoms with Crippen molar-refractivity contribution in [1.82, 2.24) is 4.90 Å². The minimum atomic E-state index is -0.683. The van der Waals surface area contributed by atoms with Gasteiger partial charge < -0.3 is 21.3 Å². The maximum absolute atomic E-state index is 10.8. The van der Waals surface area contributed by atoms with Crippen LogP contribution >= 0.6 is 0 Å². The topological polar surface area (TPSA) is 102 Å². The highest BCUT2D eigenvalue weighted by Crippen LogP contribution is 2.13. The number of ether oxygens (including phenoxy) is 1. The first-order chi connectivity index (χ1) is 9.01. The van der Waals surface area contributed by atoms with Crippen LogP contribution in [-0.4, -0.2) is 48.3 Å². The van der Waals surface area contributed by atoms with Crippen molar-refractivity contribution in [1.29, 1.82) is 0 Å². The van der Waals surface area contributed by atoms with Crippen molar-refractivity contribution in [2.45, 2.75) is 13.0 Å². The molecule has 0 saturated heterocycles. The Bertz CT molecular complexity index is 395. The lowest BCUT2D eigenvalue weighted by atomic mass is 10.3. The molecule has 106 valence electrons. The predicted octanol–water partition coefficient (Wildman–Crippen LogP) is -0.184. The van der Waals surface area contributed by atoms with Gasteiger partial charge in [0.2, 0.25) is 5.91 Å². The van der Waals surface area contributed by atoms with E-state index in [1.165, 1.54) is 0 Å². The average Bonchev–Trinajstić information content (AvgIpc) is 2.36. The highest BCUT2D eigenvalue weighted by molar-refractivity contribution is 5.75. The zero-order chi connectivity index (χ0) is 14.3. The van der Waals surface area contributed by atoms with E-state index in [0.29, 0.717) is 24.5 Å². The quantitative estimate of drug-likeness (QED) is 0.567. The van der Waals surface area contributed by atoms with Crippen molar-refractivity contribution in [3.05, 3.63) is 24.3 Å². The molecule has 19 heavy (non-hydrogen) atoms. The second-order valence-corrected chi connectivity index (χ2v) is 4.33. The van der Waals surface area contributed by atoms with Gasteiger partial charge in [0.25, 0.3) is 0 Å². The minimum Gasteiger partial charge on any atom is -0.491 e. The van der Waals surface area contributed by atoms with Crippen LogP contribution in [0.4, 0.5) is 5.69 Å². The number of hydrogen-bond donors (Lipinski definition) is 3. The summed E-state index contributed by atoms with van der Waals surface area (Å²) in [5.74, 6) is 0.236. The SMILES string of the molecule is CCN(CC(N)=O)CC(O)COc1ccc(N)cc1. The van der Waals surface area contributed by atoms with Gasteiger partial charge in [-0.25, -0.2) is 0 Å². The second-order valence-electron chi connectivity index (χ2n) is 4.33. The molecule has 1 amide bonds. The molecule has 0 aliphatic carbocycles. The molecule has 0 radical (unpaired) electrons. The van der Waals surface area contributed by atoms with Crippen molar-refractivity contribution >= 4 is 11.6 Å². The molecular weight excluding hydrogens is 246 g/mol. The number of likely N-dealkylation sites (N-methyl/N-ethyl adjacent to an activating group) is 1. The number of nitrogens with zero attached hydrogens (tertiary/aromatic N) is 1. The number of amides is 1. The predicted molar refractivity (Wildman–Crippen MR) is 73.7 cm³/mol. The summed E-state index contributed by atoms with van der Waals surface area (Å²) in [5, 5.41) is 9.84. The first-order valence-electron chi connectivity index (χ1n) is 6.18. The number of primary amides is 1. The van der Waals surface area contributed by atoms with E-state index in [1.54, 1.807) is 29.2 Å². The Morgan fingerprint density at radius 1 is 1.42 bits per heavy atom. The van der Waals surface area contributed by atoms with Crippen LogP contribution in [0, 0.1) is 0 Å². The largest absolute Gasteiger partial charge is 0.491 e. The minimum absolute atomic E-state index is 0.134. The molecule has 0 fully saturated rings.